The number of carbonyl (C=O) groups excluding carboxylic acids is 4. The number of allylic oxidation sites excluding steroid dienone is 1. The Bertz CT molecular complexity index is 1640. The van der Waals surface area contributed by atoms with Gasteiger partial charge in [-0.25, -0.2) is 0 Å². The quantitative estimate of drug-likeness (QED) is 0.140. The van der Waals surface area contributed by atoms with Crippen LogP contribution in [0.2, 0.25) is 5.02 Å². The first-order chi connectivity index (χ1) is 24.3. The summed E-state index contributed by atoms with van der Waals surface area (Å²) in [7, 11) is 1.67. The maximum atomic E-state index is 15.0. The summed E-state index contributed by atoms with van der Waals surface area (Å²) in [5, 5.41) is 11.0. The molecule has 5 rings (SSSR count). The molecule has 3 fully saturated rings. The molecule has 51 heavy (non-hydrogen) atoms. The topological polar surface area (TPSA) is 117 Å². The third-order valence-electron chi connectivity index (χ3n) is 10.6. The summed E-state index contributed by atoms with van der Waals surface area (Å²) in [6, 6.07) is 13.6. The van der Waals surface area contributed by atoms with Crippen molar-refractivity contribution in [3.05, 3.63) is 90.5 Å². The Labute approximate surface area is 313 Å². The molecule has 3 aliphatic rings. The summed E-state index contributed by atoms with van der Waals surface area (Å²) in [4.78, 5) is 61.5. The van der Waals surface area contributed by atoms with Gasteiger partial charge in [0.25, 0.3) is 5.91 Å². The van der Waals surface area contributed by atoms with E-state index in [9.17, 15) is 24.3 Å². The molecule has 0 radical (unpaired) electrons. The van der Waals surface area contributed by atoms with Crippen LogP contribution in [0.1, 0.15) is 51.7 Å². The number of aliphatic hydroxyl groups excluding tert-OH is 1. The first-order valence-electron chi connectivity index (χ1n) is 17.4. The largest absolute Gasteiger partial charge is 0.455 e. The number of alkyl halides is 1. The second-order valence-electron chi connectivity index (χ2n) is 13.9. The van der Waals surface area contributed by atoms with E-state index in [1.165, 1.54) is 9.80 Å². The molecular weight excluding hydrogens is 738 g/mol. The number of hydrogen-bond donors (Lipinski definition) is 1. The van der Waals surface area contributed by atoms with Crippen molar-refractivity contribution in [3.8, 4) is 0 Å². The zero-order chi connectivity index (χ0) is 37.2. The lowest BCUT2D eigenvalue weighted by atomic mass is 9.70. The van der Waals surface area contributed by atoms with Crippen molar-refractivity contribution in [1.82, 2.24) is 9.80 Å². The number of likely N-dealkylation sites (N-methyl/N-ethyl adjacent to an activating group) is 1. The van der Waals surface area contributed by atoms with Crippen molar-refractivity contribution in [3.63, 3.8) is 0 Å². The van der Waals surface area contributed by atoms with E-state index in [1.54, 1.807) is 48.4 Å². The molecule has 12 heteroatoms. The number of fused-ring (bicyclic) bond motifs is 1. The normalized spacial score (nSPS) is 26.7. The minimum Gasteiger partial charge on any atom is -0.455 e. The van der Waals surface area contributed by atoms with Crippen molar-refractivity contribution >= 4 is 56.9 Å². The van der Waals surface area contributed by atoms with Crippen LogP contribution in [0.25, 0.3) is 0 Å². The second kappa shape index (κ2) is 16.0. The Kier molecular flexibility index (Phi) is 12.2. The van der Waals surface area contributed by atoms with Gasteiger partial charge in [0, 0.05) is 24.8 Å². The van der Waals surface area contributed by atoms with Crippen LogP contribution >= 0.6 is 27.5 Å². The van der Waals surface area contributed by atoms with Gasteiger partial charge in [0.15, 0.2) is 0 Å². The number of rotatable bonds is 15. The van der Waals surface area contributed by atoms with Crippen molar-refractivity contribution < 1.29 is 33.8 Å². The van der Waals surface area contributed by atoms with Gasteiger partial charge in [-0.15, -0.1) is 13.2 Å². The number of halogens is 2. The Balaban J connectivity index is 1.56. The van der Waals surface area contributed by atoms with Crippen molar-refractivity contribution in [2.24, 2.45) is 17.8 Å². The molecule has 0 aromatic heterocycles. The number of hydrogen-bond acceptors (Lipinski definition) is 7. The van der Waals surface area contributed by atoms with Gasteiger partial charge in [0.2, 0.25) is 11.8 Å². The fourth-order valence-electron chi connectivity index (χ4n) is 7.97. The average molecular weight is 785 g/mol. The Morgan fingerprint density at radius 1 is 1.12 bits per heavy atom. The molecule has 3 amide bonds. The SMILES string of the molecule is C=CCCC(=O)N(C)[C@H](C)[C@H](OC(=O)[C@@H]1[C@H]2O[C@@]3(CC2Br)[C@H](C(=O)N(CC=C)c2ccccc2Cl)N([C@@H](CO)C(C)C)C(=O)[C@@H]13)c1ccccc1. The molecular formula is C39H47BrClN3O7. The fraction of sp³-hybridized carbons (Fsp3) is 0.487. The molecule has 1 unspecified atom stereocenters. The lowest BCUT2D eigenvalue weighted by molar-refractivity contribution is -0.165. The minimum absolute atomic E-state index is 0.0929. The molecule has 3 saturated heterocycles. The summed E-state index contributed by atoms with van der Waals surface area (Å²) >= 11 is 10.3. The van der Waals surface area contributed by atoms with Gasteiger partial charge in [-0.2, -0.15) is 0 Å². The molecule has 1 N–H and O–H groups in total. The van der Waals surface area contributed by atoms with E-state index >= 15 is 0 Å². The van der Waals surface area contributed by atoms with Crippen molar-refractivity contribution in [2.45, 2.75) is 80.8 Å². The van der Waals surface area contributed by atoms with Crippen LogP contribution in [0, 0.1) is 17.8 Å². The highest BCUT2D eigenvalue weighted by Gasteiger charge is 2.78. The maximum Gasteiger partial charge on any atom is 0.313 e. The van der Waals surface area contributed by atoms with Crippen LogP contribution in [-0.4, -0.2) is 93.5 Å². The van der Waals surface area contributed by atoms with Gasteiger partial charge in [0.05, 0.1) is 47.3 Å². The maximum absolute atomic E-state index is 15.0. The van der Waals surface area contributed by atoms with E-state index in [-0.39, 0.29) is 36.0 Å². The molecule has 2 aromatic rings. The zero-order valence-corrected chi connectivity index (χ0v) is 31.8. The number of likely N-dealkylation sites (tertiary alicyclic amines) is 1. The number of nitrogens with zero attached hydrogens (tertiary/aromatic N) is 3. The first-order valence-corrected chi connectivity index (χ1v) is 18.7. The van der Waals surface area contributed by atoms with Gasteiger partial charge in [-0.05, 0) is 43.4 Å². The molecule has 3 heterocycles. The number of benzene rings is 2. The Morgan fingerprint density at radius 3 is 2.39 bits per heavy atom. The summed E-state index contributed by atoms with van der Waals surface area (Å²) in [6.07, 6.45) is 2.65. The van der Waals surface area contributed by atoms with Crippen LogP contribution < -0.4 is 4.90 Å². The number of esters is 1. The van der Waals surface area contributed by atoms with E-state index in [2.05, 4.69) is 29.1 Å². The molecule has 2 aromatic carbocycles. The molecule has 9 atom stereocenters. The minimum atomic E-state index is -1.41. The Morgan fingerprint density at radius 2 is 1.78 bits per heavy atom. The van der Waals surface area contributed by atoms with Gasteiger partial charge < -0.3 is 29.3 Å². The standard InChI is InChI=1S/C39H47BrClN3O7/c1-7-9-19-30(46)42(6)24(5)33(25-15-11-10-12-16-25)50-38(49)31-32-36(47)44(29(22-45)23(3)4)35(39(32)21-26(40)34(31)51-39)37(48)43(20-8-2)28-18-14-13-17-27(28)41/h7-8,10-18,23-24,26,29,31-35,45H,1-2,9,19-22H2,3-6H3/t24-,26?,29+,31+,32-,33+,34+,35+,39-/m1/s1. The van der Waals surface area contributed by atoms with Crippen molar-refractivity contribution in [1.29, 1.82) is 0 Å². The van der Waals surface area contributed by atoms with E-state index in [1.807, 2.05) is 51.1 Å². The van der Waals surface area contributed by atoms with E-state index in [0.717, 1.165) is 0 Å². The number of anilines is 1. The molecule has 2 bridgehead atoms. The van der Waals surface area contributed by atoms with Crippen LogP contribution in [0.3, 0.4) is 0 Å². The predicted octanol–water partition coefficient (Wildman–Crippen LogP) is 5.72. The second-order valence-corrected chi connectivity index (χ2v) is 15.5. The smallest absolute Gasteiger partial charge is 0.313 e. The molecule has 1 spiro atoms. The third-order valence-corrected chi connectivity index (χ3v) is 11.8. The first kappa shape index (κ1) is 38.7. The number of ether oxygens (including phenoxy) is 2. The molecule has 0 saturated carbocycles. The zero-order valence-electron chi connectivity index (χ0n) is 29.5. The molecule has 274 valence electrons. The predicted molar refractivity (Wildman–Crippen MR) is 199 cm³/mol. The van der Waals surface area contributed by atoms with Crippen molar-refractivity contribution in [2.75, 3.05) is 25.1 Å². The highest BCUT2D eigenvalue weighted by Crippen LogP contribution is 2.61. The summed E-state index contributed by atoms with van der Waals surface area (Å²) in [5.74, 6) is -4.08. The lowest BCUT2D eigenvalue weighted by Gasteiger charge is -2.40. The third kappa shape index (κ3) is 7.02. The van der Waals surface area contributed by atoms with Gasteiger partial charge >= 0.3 is 5.97 Å². The van der Waals surface area contributed by atoms with Crippen LogP contribution in [0.5, 0.6) is 0 Å². The summed E-state index contributed by atoms with van der Waals surface area (Å²) in [5.41, 5.74) is -0.291. The Hall–Kier alpha value is -3.51. The lowest BCUT2D eigenvalue weighted by Crippen LogP contribution is -2.60. The molecule has 0 aliphatic carbocycles. The van der Waals surface area contributed by atoms with Gasteiger partial charge in [0.1, 0.15) is 17.7 Å². The van der Waals surface area contributed by atoms with Crippen LogP contribution in [-0.2, 0) is 28.7 Å². The van der Waals surface area contributed by atoms with Crippen LogP contribution in [0.15, 0.2) is 79.9 Å². The number of carbonyl (C=O) groups is 4. The fourth-order valence-corrected chi connectivity index (χ4v) is 9.15. The average Bonchev–Trinajstić information content (AvgIpc) is 3.71. The summed E-state index contributed by atoms with van der Waals surface area (Å²) < 4.78 is 13.1. The highest BCUT2D eigenvalue weighted by atomic mass is 79.9. The molecule has 10 nitrogen and oxygen atoms in total. The number of para-hydroxylation sites is 1. The summed E-state index contributed by atoms with van der Waals surface area (Å²) in [6.45, 7) is 12.8. The van der Waals surface area contributed by atoms with E-state index in [4.69, 9.17) is 21.1 Å². The highest BCUT2D eigenvalue weighted by molar-refractivity contribution is 9.09. The van der Waals surface area contributed by atoms with Gasteiger partial charge in [-0.1, -0.05) is 96.0 Å². The monoisotopic (exact) mass is 783 g/mol. The van der Waals surface area contributed by atoms with E-state index < -0.39 is 72.2 Å². The molecule has 3 aliphatic heterocycles. The number of aliphatic hydroxyl groups is 1. The van der Waals surface area contributed by atoms with Crippen LogP contribution in [0.4, 0.5) is 5.69 Å². The number of amides is 3. The van der Waals surface area contributed by atoms with E-state index in [0.29, 0.717) is 22.7 Å². The van der Waals surface area contributed by atoms with Gasteiger partial charge in [-0.3, -0.25) is 19.2 Å².